The molecule has 26 heavy (non-hydrogen) atoms. The van der Waals surface area contributed by atoms with E-state index in [-0.39, 0.29) is 0 Å². The predicted octanol–water partition coefficient (Wildman–Crippen LogP) is 2.93. The van der Waals surface area contributed by atoms with E-state index < -0.39 is 5.91 Å². The molecule has 0 saturated carbocycles. The molecule has 0 aliphatic rings. The van der Waals surface area contributed by atoms with Crippen molar-refractivity contribution >= 4 is 28.3 Å². The van der Waals surface area contributed by atoms with Gasteiger partial charge in [0.1, 0.15) is 5.82 Å². The highest BCUT2D eigenvalue weighted by molar-refractivity contribution is 6.00. The van der Waals surface area contributed by atoms with Crippen LogP contribution < -0.4 is 11.1 Å². The molecule has 2 aromatic heterocycles. The third-order valence-corrected chi connectivity index (χ3v) is 3.89. The molecule has 126 valence electrons. The first kappa shape index (κ1) is 15.6. The predicted molar refractivity (Wildman–Crippen MR) is 98.8 cm³/mol. The van der Waals surface area contributed by atoms with Gasteiger partial charge in [0.05, 0.1) is 29.2 Å². The van der Waals surface area contributed by atoms with E-state index in [2.05, 4.69) is 25.5 Å². The molecule has 1 amide bonds. The van der Waals surface area contributed by atoms with Crippen LogP contribution in [0.1, 0.15) is 10.4 Å². The maximum atomic E-state index is 11.7. The molecule has 4 rings (SSSR count). The summed E-state index contributed by atoms with van der Waals surface area (Å²) >= 11 is 0. The minimum Gasteiger partial charge on any atom is -0.366 e. The van der Waals surface area contributed by atoms with Crippen LogP contribution in [-0.4, -0.2) is 26.1 Å². The van der Waals surface area contributed by atoms with Gasteiger partial charge in [-0.15, -0.1) is 0 Å². The summed E-state index contributed by atoms with van der Waals surface area (Å²) in [5, 5.41) is 11.7. The Morgan fingerprint density at radius 1 is 0.923 bits per heavy atom. The summed E-state index contributed by atoms with van der Waals surface area (Å²) < 4.78 is 0. The molecular weight excluding hydrogens is 328 g/mol. The Morgan fingerprint density at radius 2 is 1.73 bits per heavy atom. The molecule has 0 aliphatic carbocycles. The maximum Gasteiger partial charge on any atom is 0.250 e. The fraction of sp³-hybridized carbons (Fsp3) is 0. The SMILES string of the molecule is NC(=O)c1ccccc1Nc1nc(-c2ccnnc2)nc2ccccc12. The molecule has 3 N–H and O–H groups in total. The van der Waals surface area contributed by atoms with Crippen molar-refractivity contribution in [2.75, 3.05) is 5.32 Å². The van der Waals surface area contributed by atoms with Crippen LogP contribution in [0.15, 0.2) is 67.0 Å². The first-order valence-electron chi connectivity index (χ1n) is 7.92. The van der Waals surface area contributed by atoms with Crippen molar-refractivity contribution in [1.82, 2.24) is 20.2 Å². The molecule has 0 atom stereocenters. The van der Waals surface area contributed by atoms with E-state index in [1.807, 2.05) is 30.3 Å². The Balaban J connectivity index is 1.88. The number of hydrogen-bond acceptors (Lipinski definition) is 6. The molecule has 7 nitrogen and oxygen atoms in total. The number of carbonyl (C=O) groups is 1. The molecule has 0 fully saturated rings. The number of anilines is 2. The van der Waals surface area contributed by atoms with Crippen molar-refractivity contribution in [3.8, 4) is 11.4 Å². The number of carbonyl (C=O) groups excluding carboxylic acids is 1. The smallest absolute Gasteiger partial charge is 0.250 e. The van der Waals surface area contributed by atoms with Crippen LogP contribution in [0.4, 0.5) is 11.5 Å². The third-order valence-electron chi connectivity index (χ3n) is 3.89. The van der Waals surface area contributed by atoms with Gasteiger partial charge < -0.3 is 11.1 Å². The van der Waals surface area contributed by atoms with Gasteiger partial charge in [-0.05, 0) is 30.3 Å². The number of nitrogens with two attached hydrogens (primary N) is 1. The van der Waals surface area contributed by atoms with Crippen molar-refractivity contribution in [1.29, 1.82) is 0 Å². The second-order valence-corrected chi connectivity index (χ2v) is 5.58. The summed E-state index contributed by atoms with van der Waals surface area (Å²) in [6, 6.07) is 16.5. The largest absolute Gasteiger partial charge is 0.366 e. The van der Waals surface area contributed by atoms with Gasteiger partial charge >= 0.3 is 0 Å². The number of benzene rings is 2. The zero-order valence-electron chi connectivity index (χ0n) is 13.6. The van der Waals surface area contributed by atoms with Crippen LogP contribution >= 0.6 is 0 Å². The maximum absolute atomic E-state index is 11.7. The lowest BCUT2D eigenvalue weighted by Gasteiger charge is -2.13. The molecule has 0 radical (unpaired) electrons. The summed E-state index contributed by atoms with van der Waals surface area (Å²) in [5.41, 5.74) is 7.97. The van der Waals surface area contributed by atoms with Crippen LogP contribution in [0.25, 0.3) is 22.3 Å². The normalized spacial score (nSPS) is 10.6. The zero-order chi connectivity index (χ0) is 17.9. The number of aromatic nitrogens is 4. The number of primary amides is 1. The number of para-hydroxylation sites is 2. The molecule has 0 bridgehead atoms. The fourth-order valence-electron chi connectivity index (χ4n) is 2.66. The quantitative estimate of drug-likeness (QED) is 0.590. The van der Waals surface area contributed by atoms with Crippen molar-refractivity contribution in [3.63, 3.8) is 0 Å². The fourth-order valence-corrected chi connectivity index (χ4v) is 2.66. The first-order valence-corrected chi connectivity index (χ1v) is 7.92. The van der Waals surface area contributed by atoms with E-state index in [4.69, 9.17) is 5.73 Å². The zero-order valence-corrected chi connectivity index (χ0v) is 13.6. The Hall–Kier alpha value is -3.87. The van der Waals surface area contributed by atoms with Crippen molar-refractivity contribution in [2.45, 2.75) is 0 Å². The summed E-state index contributed by atoms with van der Waals surface area (Å²) in [4.78, 5) is 20.9. The lowest BCUT2D eigenvalue weighted by molar-refractivity contribution is 0.100. The van der Waals surface area contributed by atoms with E-state index in [0.29, 0.717) is 22.9 Å². The molecule has 0 unspecified atom stereocenters. The number of nitrogens with one attached hydrogen (secondary N) is 1. The van der Waals surface area contributed by atoms with Crippen LogP contribution in [0, 0.1) is 0 Å². The van der Waals surface area contributed by atoms with E-state index in [1.54, 1.807) is 36.7 Å². The van der Waals surface area contributed by atoms with Gasteiger partial charge in [0.2, 0.25) is 0 Å². The van der Waals surface area contributed by atoms with E-state index >= 15 is 0 Å². The minimum absolute atomic E-state index is 0.391. The second-order valence-electron chi connectivity index (χ2n) is 5.58. The Kier molecular flexibility index (Phi) is 3.95. The lowest BCUT2D eigenvalue weighted by atomic mass is 10.1. The summed E-state index contributed by atoms with van der Waals surface area (Å²) in [6.45, 7) is 0. The number of fused-ring (bicyclic) bond motifs is 1. The molecular formula is C19H14N6O. The van der Waals surface area contributed by atoms with Gasteiger partial charge in [0.15, 0.2) is 5.82 Å². The molecule has 0 spiro atoms. The number of nitrogens with zero attached hydrogens (tertiary/aromatic N) is 4. The van der Waals surface area contributed by atoms with Crippen LogP contribution in [0.2, 0.25) is 0 Å². The highest BCUT2D eigenvalue weighted by Gasteiger charge is 2.13. The summed E-state index contributed by atoms with van der Waals surface area (Å²) in [5.74, 6) is 0.582. The van der Waals surface area contributed by atoms with Crippen LogP contribution in [0.3, 0.4) is 0 Å². The Labute approximate surface area is 148 Å². The molecule has 2 aromatic carbocycles. The van der Waals surface area contributed by atoms with Gasteiger partial charge in [0.25, 0.3) is 5.91 Å². The van der Waals surface area contributed by atoms with Crippen LogP contribution in [-0.2, 0) is 0 Å². The standard InChI is InChI=1S/C19H14N6O/c20-17(26)13-5-1-3-7-15(13)24-19-14-6-2-4-8-16(14)23-18(25-19)12-9-10-21-22-11-12/h1-11H,(H2,20,26)(H,23,24,25). The monoisotopic (exact) mass is 342 g/mol. The summed E-state index contributed by atoms with van der Waals surface area (Å²) in [6.07, 6.45) is 3.19. The molecule has 0 aliphatic heterocycles. The third kappa shape index (κ3) is 2.93. The minimum atomic E-state index is -0.509. The van der Waals surface area contributed by atoms with Gasteiger partial charge in [-0.1, -0.05) is 24.3 Å². The average Bonchev–Trinajstić information content (AvgIpc) is 2.69. The highest BCUT2D eigenvalue weighted by Crippen LogP contribution is 2.28. The molecule has 7 heteroatoms. The van der Waals surface area contributed by atoms with Gasteiger partial charge in [-0.25, -0.2) is 9.97 Å². The van der Waals surface area contributed by atoms with Crippen LogP contribution in [0.5, 0.6) is 0 Å². The number of hydrogen-bond donors (Lipinski definition) is 2. The second kappa shape index (κ2) is 6.56. The number of amides is 1. The molecule has 4 aromatic rings. The van der Waals surface area contributed by atoms with Crippen molar-refractivity contribution < 1.29 is 4.79 Å². The Bertz CT molecular complexity index is 1100. The van der Waals surface area contributed by atoms with Gasteiger partial charge in [-0.3, -0.25) is 4.79 Å². The molecule has 0 saturated heterocycles. The Morgan fingerprint density at radius 3 is 2.54 bits per heavy atom. The van der Waals surface area contributed by atoms with Gasteiger partial charge in [-0.2, -0.15) is 10.2 Å². The van der Waals surface area contributed by atoms with Crippen molar-refractivity contribution in [2.24, 2.45) is 5.73 Å². The van der Waals surface area contributed by atoms with E-state index in [1.165, 1.54) is 0 Å². The first-order chi connectivity index (χ1) is 12.7. The molecule has 2 heterocycles. The topological polar surface area (TPSA) is 107 Å². The van der Waals surface area contributed by atoms with Crippen molar-refractivity contribution in [3.05, 3.63) is 72.6 Å². The summed E-state index contributed by atoms with van der Waals surface area (Å²) in [7, 11) is 0. The average molecular weight is 342 g/mol. The highest BCUT2D eigenvalue weighted by atomic mass is 16.1. The van der Waals surface area contributed by atoms with E-state index in [0.717, 1.165) is 16.5 Å². The number of rotatable bonds is 4. The lowest BCUT2D eigenvalue weighted by Crippen LogP contribution is -2.13. The van der Waals surface area contributed by atoms with E-state index in [9.17, 15) is 4.79 Å². The van der Waals surface area contributed by atoms with Gasteiger partial charge in [0, 0.05) is 10.9 Å².